The lowest BCUT2D eigenvalue weighted by atomic mass is 9.87. The van der Waals surface area contributed by atoms with Crippen LogP contribution in [0, 0.1) is 11.8 Å². The van der Waals surface area contributed by atoms with Gasteiger partial charge in [0.15, 0.2) is 0 Å². The van der Waals surface area contributed by atoms with Crippen molar-refractivity contribution in [1.82, 2.24) is 10.2 Å². The summed E-state index contributed by atoms with van der Waals surface area (Å²) < 4.78 is 5.44. The maximum atomic E-state index is 12.5. The number of carbonyl (C=O) groups is 1. The molecule has 2 saturated carbocycles. The van der Waals surface area contributed by atoms with E-state index in [-0.39, 0.29) is 6.03 Å². The number of nitrogens with one attached hydrogen (secondary N) is 1. The summed E-state index contributed by atoms with van der Waals surface area (Å²) in [6, 6.07) is 1.08. The first-order chi connectivity index (χ1) is 9.72. The summed E-state index contributed by atoms with van der Waals surface area (Å²) in [4.78, 5) is 14.6. The second kappa shape index (κ2) is 6.33. The van der Waals surface area contributed by atoms with E-state index in [4.69, 9.17) is 4.74 Å². The largest absolute Gasteiger partial charge is 0.381 e. The van der Waals surface area contributed by atoms with Crippen LogP contribution in [0.3, 0.4) is 0 Å². The molecule has 4 nitrogen and oxygen atoms in total. The van der Waals surface area contributed by atoms with Crippen LogP contribution in [-0.4, -0.2) is 42.8 Å². The summed E-state index contributed by atoms with van der Waals surface area (Å²) in [7, 11) is 0. The normalized spacial score (nSPS) is 34.0. The second-order valence-corrected chi connectivity index (χ2v) is 7.02. The Kier molecular flexibility index (Phi) is 4.49. The molecule has 20 heavy (non-hydrogen) atoms. The van der Waals surface area contributed by atoms with Crippen LogP contribution in [0.5, 0.6) is 0 Å². The van der Waals surface area contributed by atoms with Gasteiger partial charge < -0.3 is 15.0 Å². The van der Waals surface area contributed by atoms with Gasteiger partial charge in [0.05, 0.1) is 6.61 Å². The van der Waals surface area contributed by atoms with Gasteiger partial charge in [0.25, 0.3) is 0 Å². The van der Waals surface area contributed by atoms with Crippen molar-refractivity contribution in [3.05, 3.63) is 0 Å². The van der Waals surface area contributed by atoms with E-state index >= 15 is 0 Å². The Balaban J connectivity index is 1.50. The molecule has 1 aliphatic heterocycles. The molecular formula is C16H28N2O2. The fourth-order valence-electron chi connectivity index (χ4n) is 3.45. The molecule has 2 aliphatic carbocycles. The fourth-order valence-corrected chi connectivity index (χ4v) is 3.45. The quantitative estimate of drug-likeness (QED) is 0.860. The lowest BCUT2D eigenvalue weighted by Crippen LogP contribution is -2.48. The monoisotopic (exact) mass is 280 g/mol. The van der Waals surface area contributed by atoms with E-state index in [9.17, 15) is 4.79 Å². The first kappa shape index (κ1) is 14.2. The van der Waals surface area contributed by atoms with Crippen LogP contribution in [0.15, 0.2) is 0 Å². The molecule has 1 heterocycles. The molecule has 1 unspecified atom stereocenters. The van der Waals surface area contributed by atoms with Gasteiger partial charge in [-0.3, -0.25) is 0 Å². The molecule has 0 aromatic rings. The predicted molar refractivity (Wildman–Crippen MR) is 78.6 cm³/mol. The van der Waals surface area contributed by atoms with Gasteiger partial charge in [-0.2, -0.15) is 0 Å². The highest BCUT2D eigenvalue weighted by molar-refractivity contribution is 5.75. The molecule has 4 heteroatoms. The Bertz CT molecular complexity index is 329. The van der Waals surface area contributed by atoms with Crippen LogP contribution in [0.2, 0.25) is 0 Å². The number of hydrogen-bond donors (Lipinski definition) is 1. The Hall–Kier alpha value is -0.770. The molecule has 114 valence electrons. The number of rotatable bonds is 4. The Morgan fingerprint density at radius 1 is 1.15 bits per heavy atom. The topological polar surface area (TPSA) is 41.6 Å². The van der Waals surface area contributed by atoms with Crippen molar-refractivity contribution < 1.29 is 9.53 Å². The number of ether oxygens (including phenoxy) is 1. The molecule has 3 rings (SSSR count). The Morgan fingerprint density at radius 3 is 2.50 bits per heavy atom. The lowest BCUT2D eigenvalue weighted by molar-refractivity contribution is 0.158. The summed E-state index contributed by atoms with van der Waals surface area (Å²) in [6.45, 7) is 4.90. The second-order valence-electron chi connectivity index (χ2n) is 7.02. The SMILES string of the molecule is CC1CCC(NC(=O)N(CC2CCOC2)C2CC2)CC1. The van der Waals surface area contributed by atoms with Gasteiger partial charge in [0.1, 0.15) is 0 Å². The first-order valence-corrected chi connectivity index (χ1v) is 8.37. The minimum absolute atomic E-state index is 0.180. The molecule has 0 spiro atoms. The number of nitrogens with zero attached hydrogens (tertiary/aromatic N) is 1. The third-order valence-electron chi connectivity index (χ3n) is 5.07. The van der Waals surface area contributed by atoms with Gasteiger partial charge in [-0.25, -0.2) is 4.79 Å². The van der Waals surface area contributed by atoms with Crippen molar-refractivity contribution in [2.45, 2.75) is 64.0 Å². The number of amides is 2. The summed E-state index contributed by atoms with van der Waals surface area (Å²) in [6.07, 6.45) is 8.29. The van der Waals surface area contributed by atoms with E-state index in [1.165, 1.54) is 25.7 Å². The van der Waals surface area contributed by atoms with Crippen LogP contribution in [0.4, 0.5) is 4.79 Å². The van der Waals surface area contributed by atoms with E-state index in [1.807, 2.05) is 0 Å². The molecule has 3 aliphatic rings. The number of hydrogen-bond acceptors (Lipinski definition) is 2. The van der Waals surface area contributed by atoms with E-state index in [0.29, 0.717) is 18.0 Å². The van der Waals surface area contributed by atoms with E-state index in [2.05, 4.69) is 17.1 Å². The minimum Gasteiger partial charge on any atom is -0.381 e. The highest BCUT2D eigenvalue weighted by Gasteiger charge is 2.35. The predicted octanol–water partition coefficient (Wildman–Crippen LogP) is 2.78. The molecule has 1 saturated heterocycles. The summed E-state index contributed by atoms with van der Waals surface area (Å²) >= 11 is 0. The van der Waals surface area contributed by atoms with E-state index in [0.717, 1.165) is 44.9 Å². The van der Waals surface area contributed by atoms with Gasteiger partial charge in [-0.15, -0.1) is 0 Å². The van der Waals surface area contributed by atoms with Crippen LogP contribution in [0.25, 0.3) is 0 Å². The average molecular weight is 280 g/mol. The van der Waals surface area contributed by atoms with Gasteiger partial charge in [0, 0.05) is 31.2 Å². The zero-order chi connectivity index (χ0) is 13.9. The van der Waals surface area contributed by atoms with E-state index < -0.39 is 0 Å². The van der Waals surface area contributed by atoms with Crippen molar-refractivity contribution in [1.29, 1.82) is 0 Å². The Morgan fingerprint density at radius 2 is 1.90 bits per heavy atom. The fraction of sp³-hybridized carbons (Fsp3) is 0.938. The maximum absolute atomic E-state index is 12.5. The van der Waals surface area contributed by atoms with Crippen LogP contribution < -0.4 is 5.32 Å². The zero-order valence-corrected chi connectivity index (χ0v) is 12.6. The zero-order valence-electron chi connectivity index (χ0n) is 12.6. The van der Waals surface area contributed by atoms with Gasteiger partial charge >= 0.3 is 6.03 Å². The van der Waals surface area contributed by atoms with Crippen LogP contribution >= 0.6 is 0 Å². The van der Waals surface area contributed by atoms with Crippen molar-refractivity contribution >= 4 is 6.03 Å². The summed E-state index contributed by atoms with van der Waals surface area (Å²) in [5.41, 5.74) is 0. The average Bonchev–Trinajstić information content (AvgIpc) is 3.15. The molecule has 1 atom stereocenters. The highest BCUT2D eigenvalue weighted by atomic mass is 16.5. The van der Waals surface area contributed by atoms with Gasteiger partial charge in [-0.05, 0) is 50.9 Å². The smallest absolute Gasteiger partial charge is 0.317 e. The minimum atomic E-state index is 0.180. The third-order valence-corrected chi connectivity index (χ3v) is 5.07. The molecular weight excluding hydrogens is 252 g/mol. The molecule has 0 bridgehead atoms. The van der Waals surface area contributed by atoms with Gasteiger partial charge in [-0.1, -0.05) is 6.92 Å². The number of urea groups is 1. The maximum Gasteiger partial charge on any atom is 0.317 e. The Labute approximate surface area is 122 Å². The van der Waals surface area contributed by atoms with Crippen LogP contribution in [0.1, 0.15) is 51.9 Å². The van der Waals surface area contributed by atoms with Crippen molar-refractivity contribution in [3.63, 3.8) is 0 Å². The molecule has 3 fully saturated rings. The third kappa shape index (κ3) is 3.66. The van der Waals surface area contributed by atoms with Crippen molar-refractivity contribution in [2.75, 3.05) is 19.8 Å². The molecule has 2 amide bonds. The molecule has 0 aromatic carbocycles. The van der Waals surface area contributed by atoms with E-state index in [1.54, 1.807) is 0 Å². The van der Waals surface area contributed by atoms with Crippen LogP contribution in [-0.2, 0) is 4.74 Å². The summed E-state index contributed by atoms with van der Waals surface area (Å²) in [5.74, 6) is 1.38. The summed E-state index contributed by atoms with van der Waals surface area (Å²) in [5, 5.41) is 3.28. The molecule has 1 N–H and O–H groups in total. The molecule has 0 aromatic heterocycles. The van der Waals surface area contributed by atoms with Gasteiger partial charge in [0.2, 0.25) is 0 Å². The standard InChI is InChI=1S/C16H28N2O2/c1-12-2-4-14(5-3-12)17-16(19)18(15-6-7-15)10-13-8-9-20-11-13/h12-15H,2-11H2,1H3,(H,17,19). The highest BCUT2D eigenvalue weighted by Crippen LogP contribution is 2.30. The first-order valence-electron chi connectivity index (χ1n) is 8.37. The molecule has 0 radical (unpaired) electrons. The van der Waals surface area contributed by atoms with Crippen molar-refractivity contribution in [3.8, 4) is 0 Å². The lowest BCUT2D eigenvalue weighted by Gasteiger charge is -2.31. The van der Waals surface area contributed by atoms with Crippen molar-refractivity contribution in [2.24, 2.45) is 11.8 Å². The number of carbonyl (C=O) groups excluding carboxylic acids is 1.